The Hall–Kier alpha value is -0.0800. The number of nitrogens with one attached hydrogen (secondary N) is 1. The van der Waals surface area contributed by atoms with Gasteiger partial charge < -0.3 is 5.32 Å². The highest BCUT2D eigenvalue weighted by Gasteiger charge is 2.12. The van der Waals surface area contributed by atoms with Crippen molar-refractivity contribution in [3.63, 3.8) is 0 Å². The van der Waals surface area contributed by atoms with E-state index in [2.05, 4.69) is 44.8 Å². The second-order valence-corrected chi connectivity index (χ2v) is 3.80. The van der Waals surface area contributed by atoms with Crippen LogP contribution in [-0.2, 0) is 0 Å². The van der Waals surface area contributed by atoms with Gasteiger partial charge in [0.2, 0.25) is 0 Å². The number of hydrogen-bond donors (Lipinski definition) is 1. The van der Waals surface area contributed by atoms with Gasteiger partial charge in [0.25, 0.3) is 0 Å². The van der Waals surface area contributed by atoms with Crippen molar-refractivity contribution < 1.29 is 0 Å². The summed E-state index contributed by atoms with van der Waals surface area (Å²) in [5.74, 6) is 0. The summed E-state index contributed by atoms with van der Waals surface area (Å²) in [7, 11) is 0. The summed E-state index contributed by atoms with van der Waals surface area (Å²) in [5, 5.41) is 3.45. The van der Waals surface area contributed by atoms with E-state index in [0.717, 1.165) is 13.1 Å². The third-order valence-electron chi connectivity index (χ3n) is 2.68. The third-order valence-corrected chi connectivity index (χ3v) is 2.68. The van der Waals surface area contributed by atoms with Crippen molar-refractivity contribution in [1.29, 1.82) is 0 Å². The first-order valence-corrected chi connectivity index (χ1v) is 5.63. The molecular weight excluding hydrogens is 160 g/mol. The molecule has 2 heteroatoms. The van der Waals surface area contributed by atoms with Crippen LogP contribution in [0.15, 0.2) is 0 Å². The lowest BCUT2D eigenvalue weighted by Gasteiger charge is -2.29. The molecule has 0 aromatic carbocycles. The highest BCUT2D eigenvalue weighted by atomic mass is 15.2. The molecular formula is C11H26N2. The zero-order valence-corrected chi connectivity index (χ0v) is 9.93. The summed E-state index contributed by atoms with van der Waals surface area (Å²) in [6.45, 7) is 14.6. The lowest BCUT2D eigenvalue weighted by molar-refractivity contribution is 0.196. The Labute approximate surface area is 83.7 Å². The van der Waals surface area contributed by atoms with Gasteiger partial charge in [-0.1, -0.05) is 20.8 Å². The Kier molecular flexibility index (Phi) is 7.29. The number of hydrogen-bond acceptors (Lipinski definition) is 2. The summed E-state index contributed by atoms with van der Waals surface area (Å²) in [5.41, 5.74) is 0. The molecule has 0 heterocycles. The molecule has 0 saturated carbocycles. The average Bonchev–Trinajstić information content (AvgIpc) is 2.13. The van der Waals surface area contributed by atoms with Crippen LogP contribution < -0.4 is 5.32 Å². The molecule has 1 N–H and O–H groups in total. The molecule has 0 rings (SSSR count). The summed E-state index contributed by atoms with van der Waals surface area (Å²) in [6.07, 6.45) is 1.24. The van der Waals surface area contributed by atoms with Gasteiger partial charge in [-0.2, -0.15) is 0 Å². The van der Waals surface area contributed by atoms with Crippen LogP contribution in [0.4, 0.5) is 0 Å². The molecule has 0 bridgehead atoms. The quantitative estimate of drug-likeness (QED) is 0.655. The van der Waals surface area contributed by atoms with E-state index >= 15 is 0 Å². The molecule has 0 aromatic rings. The molecule has 0 saturated heterocycles. The molecule has 0 aromatic heterocycles. The Morgan fingerprint density at radius 1 is 1.15 bits per heavy atom. The smallest absolute Gasteiger partial charge is 0.0166 e. The predicted molar refractivity (Wildman–Crippen MR) is 60.1 cm³/mol. The first-order valence-electron chi connectivity index (χ1n) is 5.63. The van der Waals surface area contributed by atoms with E-state index in [9.17, 15) is 0 Å². The third kappa shape index (κ3) is 5.27. The van der Waals surface area contributed by atoms with Crippen LogP contribution >= 0.6 is 0 Å². The molecule has 2 atom stereocenters. The minimum atomic E-state index is 0.610. The minimum absolute atomic E-state index is 0.610. The Bertz CT molecular complexity index is 115. The fraction of sp³-hybridized carbons (Fsp3) is 1.00. The lowest BCUT2D eigenvalue weighted by atomic mass is 10.2. The van der Waals surface area contributed by atoms with Crippen molar-refractivity contribution in [3.05, 3.63) is 0 Å². The number of rotatable bonds is 7. The second kappa shape index (κ2) is 7.34. The molecule has 0 amide bonds. The van der Waals surface area contributed by atoms with Crippen molar-refractivity contribution in [3.8, 4) is 0 Å². The first-order chi connectivity index (χ1) is 6.15. The van der Waals surface area contributed by atoms with E-state index in [0.29, 0.717) is 12.1 Å². The Balaban J connectivity index is 3.82. The molecule has 0 spiro atoms. The van der Waals surface area contributed by atoms with Crippen molar-refractivity contribution in [2.24, 2.45) is 0 Å². The molecule has 0 radical (unpaired) electrons. The van der Waals surface area contributed by atoms with Crippen LogP contribution in [0.5, 0.6) is 0 Å². The van der Waals surface area contributed by atoms with Gasteiger partial charge in [0.05, 0.1) is 0 Å². The maximum absolute atomic E-state index is 3.45. The van der Waals surface area contributed by atoms with Crippen LogP contribution in [0.1, 0.15) is 41.0 Å². The van der Waals surface area contributed by atoms with Gasteiger partial charge in [-0.15, -0.1) is 0 Å². The van der Waals surface area contributed by atoms with E-state index in [-0.39, 0.29) is 0 Å². The standard InChI is InChI=1S/C11H26N2/c1-6-11(5)13(8-3)9-10(4)12-7-2/h10-12H,6-9H2,1-5H3. The van der Waals surface area contributed by atoms with E-state index in [1.54, 1.807) is 0 Å². The van der Waals surface area contributed by atoms with Gasteiger partial charge in [0, 0.05) is 18.6 Å². The van der Waals surface area contributed by atoms with Gasteiger partial charge in [0.15, 0.2) is 0 Å². The van der Waals surface area contributed by atoms with Gasteiger partial charge in [-0.3, -0.25) is 4.90 Å². The summed E-state index contributed by atoms with van der Waals surface area (Å²) in [4.78, 5) is 2.54. The zero-order chi connectivity index (χ0) is 10.3. The van der Waals surface area contributed by atoms with Gasteiger partial charge in [-0.05, 0) is 33.4 Å². The van der Waals surface area contributed by atoms with E-state index in [1.807, 2.05) is 0 Å². The molecule has 13 heavy (non-hydrogen) atoms. The highest BCUT2D eigenvalue weighted by molar-refractivity contribution is 4.70. The van der Waals surface area contributed by atoms with Gasteiger partial charge in [-0.25, -0.2) is 0 Å². The fourth-order valence-corrected chi connectivity index (χ4v) is 1.64. The van der Waals surface area contributed by atoms with Crippen LogP contribution in [0.2, 0.25) is 0 Å². The fourth-order valence-electron chi connectivity index (χ4n) is 1.64. The summed E-state index contributed by atoms with van der Waals surface area (Å²) < 4.78 is 0. The van der Waals surface area contributed by atoms with E-state index in [4.69, 9.17) is 0 Å². The summed E-state index contributed by atoms with van der Waals surface area (Å²) in [6, 6.07) is 1.32. The average molecular weight is 186 g/mol. The maximum Gasteiger partial charge on any atom is 0.0166 e. The van der Waals surface area contributed by atoms with Gasteiger partial charge >= 0.3 is 0 Å². The second-order valence-electron chi connectivity index (χ2n) is 3.80. The lowest BCUT2D eigenvalue weighted by Crippen LogP contribution is -2.42. The Morgan fingerprint density at radius 2 is 1.77 bits per heavy atom. The summed E-state index contributed by atoms with van der Waals surface area (Å²) >= 11 is 0. The van der Waals surface area contributed by atoms with Crippen LogP contribution in [-0.4, -0.2) is 36.6 Å². The SMILES string of the molecule is CCNC(C)CN(CC)C(C)CC. The molecule has 0 aliphatic heterocycles. The van der Waals surface area contributed by atoms with Crippen molar-refractivity contribution in [1.82, 2.24) is 10.2 Å². The topological polar surface area (TPSA) is 15.3 Å². The molecule has 0 aliphatic carbocycles. The number of nitrogens with zero attached hydrogens (tertiary/aromatic N) is 1. The van der Waals surface area contributed by atoms with Crippen LogP contribution in [0.3, 0.4) is 0 Å². The normalized spacial score (nSPS) is 16.2. The Morgan fingerprint density at radius 3 is 2.15 bits per heavy atom. The first kappa shape index (κ1) is 12.9. The molecule has 80 valence electrons. The highest BCUT2D eigenvalue weighted by Crippen LogP contribution is 2.03. The predicted octanol–water partition coefficient (Wildman–Crippen LogP) is 2.10. The van der Waals surface area contributed by atoms with Crippen molar-refractivity contribution in [2.75, 3.05) is 19.6 Å². The van der Waals surface area contributed by atoms with E-state index < -0.39 is 0 Å². The zero-order valence-electron chi connectivity index (χ0n) is 9.93. The van der Waals surface area contributed by atoms with Crippen molar-refractivity contribution >= 4 is 0 Å². The van der Waals surface area contributed by atoms with Crippen LogP contribution in [0.25, 0.3) is 0 Å². The van der Waals surface area contributed by atoms with Gasteiger partial charge in [0.1, 0.15) is 0 Å². The minimum Gasteiger partial charge on any atom is -0.313 e. The maximum atomic E-state index is 3.45. The number of likely N-dealkylation sites (N-methyl/N-ethyl adjacent to an activating group) is 2. The van der Waals surface area contributed by atoms with Crippen LogP contribution in [0, 0.1) is 0 Å². The molecule has 0 fully saturated rings. The molecule has 2 nitrogen and oxygen atoms in total. The largest absolute Gasteiger partial charge is 0.313 e. The van der Waals surface area contributed by atoms with E-state index in [1.165, 1.54) is 13.0 Å². The molecule has 0 aliphatic rings. The monoisotopic (exact) mass is 186 g/mol. The van der Waals surface area contributed by atoms with Crippen molar-refractivity contribution in [2.45, 2.75) is 53.1 Å². The molecule has 2 unspecified atom stereocenters.